The van der Waals surface area contributed by atoms with Gasteiger partial charge in [-0.2, -0.15) is 0 Å². The van der Waals surface area contributed by atoms with E-state index in [1.54, 1.807) is 36.8 Å². The molecule has 0 aliphatic rings. The molecule has 1 heterocycles. The Bertz CT molecular complexity index is 952. The molecule has 0 aliphatic carbocycles. The summed E-state index contributed by atoms with van der Waals surface area (Å²) in [6, 6.07) is 14.6. The van der Waals surface area contributed by atoms with Gasteiger partial charge >= 0.3 is 0 Å². The molecule has 29 heavy (non-hydrogen) atoms. The van der Waals surface area contributed by atoms with Crippen LogP contribution in [0.2, 0.25) is 0 Å². The van der Waals surface area contributed by atoms with Crippen molar-refractivity contribution in [1.29, 1.82) is 0 Å². The van der Waals surface area contributed by atoms with Gasteiger partial charge in [-0.05, 0) is 43.7 Å². The number of imidazole rings is 1. The molecule has 0 aliphatic heterocycles. The Morgan fingerprint density at radius 1 is 1.14 bits per heavy atom. The molecule has 0 spiro atoms. The first kappa shape index (κ1) is 20.1. The van der Waals surface area contributed by atoms with Crippen molar-refractivity contribution in [2.75, 3.05) is 13.2 Å². The highest BCUT2D eigenvalue weighted by Crippen LogP contribution is 2.18. The van der Waals surface area contributed by atoms with Crippen LogP contribution in [0.5, 0.6) is 5.75 Å². The normalized spacial score (nSPS) is 11.5. The third-order valence-corrected chi connectivity index (χ3v) is 4.41. The number of nitrogens with one attached hydrogen (secondary N) is 2. The van der Waals surface area contributed by atoms with Gasteiger partial charge < -0.3 is 19.9 Å². The van der Waals surface area contributed by atoms with Gasteiger partial charge in [0.15, 0.2) is 0 Å². The Labute approximate surface area is 169 Å². The molecule has 0 unspecified atom stereocenters. The van der Waals surface area contributed by atoms with Crippen molar-refractivity contribution >= 4 is 11.8 Å². The molecule has 2 N–H and O–H groups in total. The number of hydrogen-bond donors (Lipinski definition) is 2. The molecule has 3 aromatic rings. The average molecular weight is 392 g/mol. The summed E-state index contributed by atoms with van der Waals surface area (Å²) in [6.45, 7) is 4.10. The standard InChI is InChI=1S/C22H24N4O3/c1-3-29-20-7-5-4-6-19(20)22(28)24-14-21(27)25-16(2)17-8-10-18(11-9-17)26-13-12-23-15-26/h4-13,15-16H,3,14H2,1-2H3,(H,24,28)(H,25,27)/t16-/m1/s1. The highest BCUT2D eigenvalue weighted by molar-refractivity contribution is 5.98. The van der Waals surface area contributed by atoms with E-state index in [9.17, 15) is 9.59 Å². The zero-order valence-electron chi connectivity index (χ0n) is 16.5. The molecule has 3 rings (SSSR count). The lowest BCUT2D eigenvalue weighted by molar-refractivity contribution is -0.120. The largest absolute Gasteiger partial charge is 0.493 e. The van der Waals surface area contributed by atoms with E-state index in [1.165, 1.54) is 0 Å². The lowest BCUT2D eigenvalue weighted by Crippen LogP contribution is -2.38. The quantitative estimate of drug-likeness (QED) is 0.617. The van der Waals surface area contributed by atoms with E-state index in [0.717, 1.165) is 11.3 Å². The summed E-state index contributed by atoms with van der Waals surface area (Å²) >= 11 is 0. The van der Waals surface area contributed by atoms with E-state index >= 15 is 0 Å². The predicted octanol–water partition coefficient (Wildman–Crippen LogP) is 2.88. The summed E-state index contributed by atoms with van der Waals surface area (Å²) in [5, 5.41) is 5.53. The maximum absolute atomic E-state index is 12.4. The van der Waals surface area contributed by atoms with E-state index in [4.69, 9.17) is 4.74 Å². The van der Waals surface area contributed by atoms with Crippen LogP contribution in [-0.4, -0.2) is 34.5 Å². The van der Waals surface area contributed by atoms with E-state index < -0.39 is 0 Å². The van der Waals surface area contributed by atoms with E-state index in [2.05, 4.69) is 15.6 Å². The van der Waals surface area contributed by atoms with Gasteiger partial charge in [0.2, 0.25) is 5.91 Å². The number of nitrogens with zero attached hydrogens (tertiary/aromatic N) is 2. The van der Waals surface area contributed by atoms with Crippen molar-refractivity contribution in [2.45, 2.75) is 19.9 Å². The SMILES string of the molecule is CCOc1ccccc1C(=O)NCC(=O)N[C@H](C)c1ccc(-n2ccnc2)cc1. The number of rotatable bonds is 8. The van der Waals surface area contributed by atoms with Crippen molar-refractivity contribution < 1.29 is 14.3 Å². The van der Waals surface area contributed by atoms with E-state index in [0.29, 0.717) is 17.9 Å². The van der Waals surface area contributed by atoms with Gasteiger partial charge in [-0.1, -0.05) is 24.3 Å². The number of para-hydroxylation sites is 1. The molecule has 150 valence electrons. The average Bonchev–Trinajstić information content (AvgIpc) is 3.28. The Kier molecular flexibility index (Phi) is 6.63. The van der Waals surface area contributed by atoms with Crippen molar-refractivity contribution in [3.05, 3.63) is 78.4 Å². The second-order valence-electron chi connectivity index (χ2n) is 6.46. The number of carbonyl (C=O) groups is 2. The smallest absolute Gasteiger partial charge is 0.255 e. The van der Waals surface area contributed by atoms with Crippen molar-refractivity contribution in [3.63, 3.8) is 0 Å². The van der Waals surface area contributed by atoms with Gasteiger partial charge in [0.05, 0.1) is 31.1 Å². The summed E-state index contributed by atoms with van der Waals surface area (Å²) < 4.78 is 7.36. The highest BCUT2D eigenvalue weighted by Gasteiger charge is 2.14. The van der Waals surface area contributed by atoms with Gasteiger partial charge in [-0.25, -0.2) is 4.98 Å². The summed E-state index contributed by atoms with van der Waals surface area (Å²) in [7, 11) is 0. The topological polar surface area (TPSA) is 85.2 Å². The fourth-order valence-corrected chi connectivity index (χ4v) is 2.91. The van der Waals surface area contributed by atoms with Gasteiger partial charge in [0.1, 0.15) is 5.75 Å². The maximum atomic E-state index is 12.4. The molecule has 1 aromatic heterocycles. The lowest BCUT2D eigenvalue weighted by Gasteiger charge is -2.16. The van der Waals surface area contributed by atoms with Crippen LogP contribution in [-0.2, 0) is 4.79 Å². The first-order valence-electron chi connectivity index (χ1n) is 9.46. The second-order valence-corrected chi connectivity index (χ2v) is 6.46. The van der Waals surface area contributed by atoms with Gasteiger partial charge in [-0.3, -0.25) is 9.59 Å². The zero-order valence-corrected chi connectivity index (χ0v) is 16.5. The second kappa shape index (κ2) is 9.54. The molecule has 0 saturated carbocycles. The van der Waals surface area contributed by atoms with Crippen molar-refractivity contribution in [1.82, 2.24) is 20.2 Å². The lowest BCUT2D eigenvalue weighted by atomic mass is 10.1. The molecule has 0 bridgehead atoms. The van der Waals surface area contributed by atoms with Gasteiger partial charge in [0.25, 0.3) is 5.91 Å². The number of amides is 2. The van der Waals surface area contributed by atoms with Crippen LogP contribution in [0.3, 0.4) is 0 Å². The summed E-state index contributed by atoms with van der Waals surface area (Å²) in [4.78, 5) is 28.7. The summed E-state index contributed by atoms with van der Waals surface area (Å²) in [5.41, 5.74) is 2.37. The Hall–Kier alpha value is -3.61. The monoisotopic (exact) mass is 392 g/mol. The van der Waals surface area contributed by atoms with E-state index in [1.807, 2.05) is 48.9 Å². The molecule has 0 fully saturated rings. The molecule has 1 atom stereocenters. The van der Waals surface area contributed by atoms with E-state index in [-0.39, 0.29) is 24.4 Å². The van der Waals surface area contributed by atoms with Crippen LogP contribution < -0.4 is 15.4 Å². The van der Waals surface area contributed by atoms with Gasteiger partial charge in [0, 0.05) is 18.1 Å². The van der Waals surface area contributed by atoms with Crippen LogP contribution in [0, 0.1) is 0 Å². The fourth-order valence-electron chi connectivity index (χ4n) is 2.91. The molecule has 0 saturated heterocycles. The Morgan fingerprint density at radius 3 is 2.59 bits per heavy atom. The molecule has 2 aromatic carbocycles. The molecule has 2 amide bonds. The van der Waals surface area contributed by atoms with Crippen LogP contribution >= 0.6 is 0 Å². The zero-order chi connectivity index (χ0) is 20.6. The molecule has 0 radical (unpaired) electrons. The number of hydrogen-bond acceptors (Lipinski definition) is 4. The Balaban J connectivity index is 1.53. The minimum Gasteiger partial charge on any atom is -0.493 e. The molecular formula is C22H24N4O3. The number of aromatic nitrogens is 2. The van der Waals surface area contributed by atoms with Crippen LogP contribution in [0.15, 0.2) is 67.3 Å². The van der Waals surface area contributed by atoms with Crippen molar-refractivity contribution in [2.24, 2.45) is 0 Å². The first-order chi connectivity index (χ1) is 14.1. The third-order valence-electron chi connectivity index (χ3n) is 4.41. The third kappa shape index (κ3) is 5.22. The highest BCUT2D eigenvalue weighted by atomic mass is 16.5. The van der Waals surface area contributed by atoms with Crippen molar-refractivity contribution in [3.8, 4) is 11.4 Å². The van der Waals surface area contributed by atoms with Crippen LogP contribution in [0.1, 0.15) is 35.8 Å². The number of benzene rings is 2. The minimum absolute atomic E-state index is 0.114. The van der Waals surface area contributed by atoms with Gasteiger partial charge in [-0.15, -0.1) is 0 Å². The first-order valence-corrected chi connectivity index (χ1v) is 9.46. The summed E-state index contributed by atoms with van der Waals surface area (Å²) in [6.07, 6.45) is 5.32. The number of ether oxygens (including phenoxy) is 1. The molecular weight excluding hydrogens is 368 g/mol. The number of carbonyl (C=O) groups excluding carboxylic acids is 2. The van der Waals surface area contributed by atoms with Crippen LogP contribution in [0.25, 0.3) is 5.69 Å². The van der Waals surface area contributed by atoms with Crippen LogP contribution in [0.4, 0.5) is 0 Å². The minimum atomic E-state index is -0.346. The summed E-state index contributed by atoms with van der Waals surface area (Å²) in [5.74, 6) is -0.112. The molecule has 7 heteroatoms. The maximum Gasteiger partial charge on any atom is 0.255 e. The fraction of sp³-hybridized carbons (Fsp3) is 0.227. The predicted molar refractivity (Wildman–Crippen MR) is 110 cm³/mol. The molecule has 7 nitrogen and oxygen atoms in total. The Morgan fingerprint density at radius 2 is 1.90 bits per heavy atom.